The van der Waals surface area contributed by atoms with Gasteiger partial charge in [-0.1, -0.05) is 30.3 Å². The molecule has 0 amide bonds. The van der Waals surface area contributed by atoms with Gasteiger partial charge in [-0.05, 0) is 5.56 Å². The van der Waals surface area contributed by atoms with Crippen molar-refractivity contribution < 1.29 is 9.50 Å². The molecule has 1 aromatic carbocycles. The van der Waals surface area contributed by atoms with Crippen molar-refractivity contribution >= 4 is 0 Å². The summed E-state index contributed by atoms with van der Waals surface area (Å²) in [7, 11) is 0. The fourth-order valence-electron chi connectivity index (χ4n) is 2.00. The summed E-state index contributed by atoms with van der Waals surface area (Å²) in [6.07, 6.45) is 0. The molecule has 1 fully saturated rings. The van der Waals surface area contributed by atoms with Gasteiger partial charge in [-0.3, -0.25) is 0 Å². The molecular weight excluding hydrogens is 181 g/mol. The van der Waals surface area contributed by atoms with Gasteiger partial charge in [0.15, 0.2) is 5.67 Å². The van der Waals surface area contributed by atoms with Gasteiger partial charge in [0.05, 0.1) is 6.61 Å². The fraction of sp³-hybridized carbons (Fsp3) is 0.455. The van der Waals surface area contributed by atoms with Crippen LogP contribution < -0.4 is 5.32 Å². The maximum Gasteiger partial charge on any atom is 0.154 e. The predicted molar refractivity (Wildman–Crippen MR) is 53.0 cm³/mol. The first-order valence-corrected chi connectivity index (χ1v) is 4.82. The van der Waals surface area contributed by atoms with Gasteiger partial charge in [0, 0.05) is 19.0 Å². The second-order valence-electron chi connectivity index (χ2n) is 3.79. The minimum atomic E-state index is -1.50. The van der Waals surface area contributed by atoms with Crippen LogP contribution in [0.1, 0.15) is 11.5 Å². The molecule has 1 aliphatic heterocycles. The number of hydrogen-bond donors (Lipinski definition) is 2. The fourth-order valence-corrected chi connectivity index (χ4v) is 2.00. The summed E-state index contributed by atoms with van der Waals surface area (Å²) in [5.41, 5.74) is -0.546. The van der Waals surface area contributed by atoms with Crippen LogP contribution in [0.25, 0.3) is 0 Å². The molecule has 0 radical (unpaired) electrons. The van der Waals surface area contributed by atoms with Crippen LogP contribution in [-0.2, 0) is 0 Å². The Morgan fingerprint density at radius 3 is 2.79 bits per heavy atom. The normalized spacial score (nSPS) is 32.0. The molecule has 1 heterocycles. The van der Waals surface area contributed by atoms with Gasteiger partial charge in [-0.15, -0.1) is 0 Å². The molecule has 3 heteroatoms. The minimum Gasteiger partial charge on any atom is -0.393 e. The van der Waals surface area contributed by atoms with E-state index in [9.17, 15) is 4.39 Å². The largest absolute Gasteiger partial charge is 0.393 e. The van der Waals surface area contributed by atoms with E-state index < -0.39 is 12.3 Å². The van der Waals surface area contributed by atoms with Gasteiger partial charge in [-0.25, -0.2) is 4.39 Å². The SMILES string of the molecule is OC[C@@]1(F)CNC[C@@H]1c1ccccc1. The molecule has 0 unspecified atom stereocenters. The van der Waals surface area contributed by atoms with E-state index in [-0.39, 0.29) is 12.5 Å². The van der Waals surface area contributed by atoms with Crippen LogP contribution in [0.3, 0.4) is 0 Å². The molecule has 0 spiro atoms. The highest BCUT2D eigenvalue weighted by molar-refractivity contribution is 5.25. The summed E-state index contributed by atoms with van der Waals surface area (Å²) < 4.78 is 14.1. The van der Waals surface area contributed by atoms with E-state index in [4.69, 9.17) is 5.11 Å². The zero-order chi connectivity index (χ0) is 10.0. The van der Waals surface area contributed by atoms with Crippen molar-refractivity contribution in [2.75, 3.05) is 19.7 Å². The lowest BCUT2D eigenvalue weighted by atomic mass is 9.87. The van der Waals surface area contributed by atoms with Gasteiger partial charge < -0.3 is 10.4 Å². The summed E-state index contributed by atoms with van der Waals surface area (Å²) in [5.74, 6) is -0.228. The number of benzene rings is 1. The predicted octanol–water partition coefficient (Wildman–Crippen LogP) is 1.07. The third kappa shape index (κ3) is 1.53. The van der Waals surface area contributed by atoms with Crippen molar-refractivity contribution in [1.82, 2.24) is 5.32 Å². The Labute approximate surface area is 82.8 Å². The molecule has 2 atom stereocenters. The Kier molecular flexibility index (Phi) is 2.52. The highest BCUT2D eigenvalue weighted by atomic mass is 19.1. The van der Waals surface area contributed by atoms with E-state index in [2.05, 4.69) is 5.32 Å². The van der Waals surface area contributed by atoms with Crippen LogP contribution >= 0.6 is 0 Å². The number of alkyl halides is 1. The van der Waals surface area contributed by atoms with Crippen molar-refractivity contribution in [1.29, 1.82) is 0 Å². The van der Waals surface area contributed by atoms with E-state index in [0.717, 1.165) is 5.56 Å². The molecule has 76 valence electrons. The van der Waals surface area contributed by atoms with E-state index in [1.54, 1.807) is 0 Å². The Morgan fingerprint density at radius 1 is 1.43 bits per heavy atom. The molecule has 2 N–H and O–H groups in total. The Bertz CT molecular complexity index is 303. The summed E-state index contributed by atoms with van der Waals surface area (Å²) in [6.45, 7) is 0.420. The van der Waals surface area contributed by atoms with Gasteiger partial charge in [0.1, 0.15) is 0 Å². The first kappa shape index (κ1) is 9.62. The lowest BCUT2D eigenvalue weighted by Crippen LogP contribution is -2.35. The molecule has 1 aliphatic rings. The number of aliphatic hydroxyl groups excluding tert-OH is 1. The summed E-state index contributed by atoms with van der Waals surface area (Å²) >= 11 is 0. The van der Waals surface area contributed by atoms with Crippen LogP contribution in [0, 0.1) is 0 Å². The first-order chi connectivity index (χ1) is 6.76. The van der Waals surface area contributed by atoms with Crippen molar-refractivity contribution in [3.63, 3.8) is 0 Å². The average Bonchev–Trinajstić information content (AvgIpc) is 2.63. The van der Waals surface area contributed by atoms with Crippen LogP contribution in [0.5, 0.6) is 0 Å². The monoisotopic (exact) mass is 195 g/mol. The van der Waals surface area contributed by atoms with E-state index in [1.165, 1.54) is 0 Å². The molecule has 0 aromatic heterocycles. The maximum atomic E-state index is 14.1. The molecule has 0 bridgehead atoms. The van der Waals surface area contributed by atoms with Crippen LogP contribution in [-0.4, -0.2) is 30.5 Å². The second-order valence-corrected chi connectivity index (χ2v) is 3.79. The van der Waals surface area contributed by atoms with Gasteiger partial charge in [0.25, 0.3) is 0 Å². The number of hydrogen-bond acceptors (Lipinski definition) is 2. The summed E-state index contributed by atoms with van der Waals surface area (Å²) in [5, 5.41) is 12.0. The molecule has 2 nitrogen and oxygen atoms in total. The minimum absolute atomic E-state index is 0.228. The van der Waals surface area contributed by atoms with Gasteiger partial charge >= 0.3 is 0 Å². The Balaban J connectivity index is 2.26. The van der Waals surface area contributed by atoms with Crippen molar-refractivity contribution in [3.05, 3.63) is 35.9 Å². The Morgan fingerprint density at radius 2 is 2.14 bits per heavy atom. The average molecular weight is 195 g/mol. The van der Waals surface area contributed by atoms with Crippen molar-refractivity contribution in [2.24, 2.45) is 0 Å². The second kappa shape index (κ2) is 3.67. The lowest BCUT2D eigenvalue weighted by Gasteiger charge is -2.24. The van der Waals surface area contributed by atoms with Gasteiger partial charge in [0.2, 0.25) is 0 Å². The number of rotatable bonds is 2. The van der Waals surface area contributed by atoms with E-state index in [1.807, 2.05) is 30.3 Å². The Hall–Kier alpha value is -0.930. The summed E-state index contributed by atoms with van der Waals surface area (Å²) in [6, 6.07) is 9.50. The molecule has 2 rings (SSSR count). The zero-order valence-corrected chi connectivity index (χ0v) is 7.91. The van der Waals surface area contributed by atoms with E-state index >= 15 is 0 Å². The van der Waals surface area contributed by atoms with Crippen LogP contribution in [0.15, 0.2) is 30.3 Å². The molecule has 14 heavy (non-hydrogen) atoms. The van der Waals surface area contributed by atoms with Crippen molar-refractivity contribution in [3.8, 4) is 0 Å². The summed E-state index contributed by atoms with van der Waals surface area (Å²) in [4.78, 5) is 0. The maximum absolute atomic E-state index is 14.1. The molecule has 1 saturated heterocycles. The lowest BCUT2D eigenvalue weighted by molar-refractivity contribution is 0.0739. The quantitative estimate of drug-likeness (QED) is 0.740. The number of nitrogens with one attached hydrogen (secondary N) is 1. The molecular formula is C11H14FNO. The zero-order valence-electron chi connectivity index (χ0n) is 7.91. The molecule has 0 saturated carbocycles. The third-order valence-corrected chi connectivity index (χ3v) is 2.86. The standard InChI is InChI=1S/C11H14FNO/c12-11(8-14)7-13-6-10(11)9-4-2-1-3-5-9/h1-5,10,13-14H,6-8H2/t10-,11+/m1/s1. The number of halogens is 1. The number of aliphatic hydroxyl groups is 1. The molecule has 0 aliphatic carbocycles. The first-order valence-electron chi connectivity index (χ1n) is 4.82. The van der Waals surface area contributed by atoms with E-state index in [0.29, 0.717) is 6.54 Å². The highest BCUT2D eigenvalue weighted by Crippen LogP contribution is 2.34. The van der Waals surface area contributed by atoms with Crippen LogP contribution in [0.4, 0.5) is 4.39 Å². The van der Waals surface area contributed by atoms with Gasteiger partial charge in [-0.2, -0.15) is 0 Å². The smallest absolute Gasteiger partial charge is 0.154 e. The molecule has 1 aromatic rings. The van der Waals surface area contributed by atoms with Crippen LogP contribution in [0.2, 0.25) is 0 Å². The van der Waals surface area contributed by atoms with Crippen molar-refractivity contribution in [2.45, 2.75) is 11.6 Å². The highest BCUT2D eigenvalue weighted by Gasteiger charge is 2.43. The third-order valence-electron chi connectivity index (χ3n) is 2.86. The topological polar surface area (TPSA) is 32.3 Å².